The Labute approximate surface area is 545 Å². The minimum Gasteiger partial charge on any atom is -0.756 e. The predicted octanol–water partition coefficient (Wildman–Crippen LogP) is 24.8. The molecule has 0 bridgehead atoms. The number of rotatable bonds is 74. The highest BCUT2D eigenvalue weighted by Crippen LogP contribution is 2.38. The normalized spacial score (nSPS) is 13.6. The Morgan fingerprint density at radius 3 is 0.954 bits per heavy atom. The number of quaternary nitrogens is 1. The summed E-state index contributed by atoms with van der Waals surface area (Å²) in [6, 6.07) is -0.799. The van der Waals surface area contributed by atoms with E-state index in [1.165, 1.54) is 347 Å². The molecule has 0 aliphatic rings. The van der Waals surface area contributed by atoms with E-state index in [2.05, 4.69) is 43.5 Å². The van der Waals surface area contributed by atoms with Gasteiger partial charge in [-0.05, 0) is 44.9 Å². The highest BCUT2D eigenvalue weighted by molar-refractivity contribution is 7.45. The van der Waals surface area contributed by atoms with Gasteiger partial charge in [-0.2, -0.15) is 0 Å². The maximum Gasteiger partial charge on any atom is 0.268 e. The first-order valence-electron chi connectivity index (χ1n) is 39.2. The van der Waals surface area contributed by atoms with Crippen LogP contribution < -0.4 is 10.2 Å². The molecule has 2 N–H and O–H groups in total. The van der Waals surface area contributed by atoms with Gasteiger partial charge in [-0.15, -0.1) is 0 Å². The monoisotopic (exact) mass is 1250 g/mol. The van der Waals surface area contributed by atoms with E-state index in [1.807, 2.05) is 21.1 Å². The predicted molar refractivity (Wildman–Crippen MR) is 381 cm³/mol. The lowest BCUT2D eigenvalue weighted by atomic mass is 10.0. The highest BCUT2D eigenvalue weighted by Gasteiger charge is 2.24. The van der Waals surface area contributed by atoms with Crippen LogP contribution in [0.5, 0.6) is 0 Å². The summed E-state index contributed by atoms with van der Waals surface area (Å²) in [6.45, 7) is 4.78. The van der Waals surface area contributed by atoms with Crippen LogP contribution in [0.2, 0.25) is 0 Å². The topological polar surface area (TPSA) is 108 Å². The number of amides is 1. The summed E-state index contributed by atoms with van der Waals surface area (Å²) in [5, 5.41) is 14.1. The van der Waals surface area contributed by atoms with Gasteiger partial charge in [-0.1, -0.05) is 391 Å². The van der Waals surface area contributed by atoms with E-state index in [1.54, 1.807) is 0 Å². The minimum absolute atomic E-state index is 0.0159. The molecule has 8 nitrogen and oxygen atoms in total. The third-order valence-electron chi connectivity index (χ3n) is 18.4. The second-order valence-electron chi connectivity index (χ2n) is 28.4. The Bertz CT molecular complexity index is 1470. The van der Waals surface area contributed by atoms with Crippen molar-refractivity contribution in [1.82, 2.24) is 5.32 Å². The summed E-state index contributed by atoms with van der Waals surface area (Å²) < 4.78 is 23.6. The Kier molecular flexibility index (Phi) is 68.5. The summed E-state index contributed by atoms with van der Waals surface area (Å²) in [6.07, 6.45) is 91.6. The first-order chi connectivity index (χ1) is 42.5. The van der Waals surface area contributed by atoms with E-state index in [4.69, 9.17) is 9.05 Å². The zero-order chi connectivity index (χ0) is 63.4. The van der Waals surface area contributed by atoms with E-state index in [9.17, 15) is 19.4 Å². The van der Waals surface area contributed by atoms with Gasteiger partial charge in [0.2, 0.25) is 5.91 Å². The van der Waals surface area contributed by atoms with Gasteiger partial charge in [0.15, 0.2) is 0 Å². The van der Waals surface area contributed by atoms with Gasteiger partial charge < -0.3 is 28.8 Å². The standard InChI is InChI=1S/C78H155N2O6P/c1-6-8-10-12-14-16-18-20-22-24-26-28-30-32-33-34-35-36-37-38-39-40-41-42-43-44-45-46-47-48-50-52-54-56-58-60-62-64-66-68-70-72-78(82)79-76(75-86-87(83,84)85-74-73-80(3,4)5)77(81)71-69-67-65-63-61-59-57-55-53-51-49-31-29-27-25-23-21-19-17-15-13-11-9-7-2/h18,20,24,26,76-77,81H,6-17,19,21-23,25,27-75H2,1-5H3,(H-,79,82,83,84)/b20-18-,26-24-. The van der Waals surface area contributed by atoms with Gasteiger partial charge in [-0.25, -0.2) is 0 Å². The zero-order valence-electron chi connectivity index (χ0n) is 59.5. The molecule has 0 aromatic heterocycles. The molecule has 9 heteroatoms. The molecule has 0 saturated heterocycles. The van der Waals surface area contributed by atoms with Crippen molar-refractivity contribution in [3.8, 4) is 0 Å². The molecule has 0 fully saturated rings. The lowest BCUT2D eigenvalue weighted by Gasteiger charge is -2.30. The molecule has 0 aromatic rings. The molecule has 3 atom stereocenters. The van der Waals surface area contributed by atoms with Gasteiger partial charge >= 0.3 is 0 Å². The molecule has 0 radical (unpaired) electrons. The highest BCUT2D eigenvalue weighted by atomic mass is 31.2. The molecule has 518 valence electrons. The zero-order valence-corrected chi connectivity index (χ0v) is 60.4. The van der Waals surface area contributed by atoms with Crippen LogP contribution in [-0.2, 0) is 18.4 Å². The smallest absolute Gasteiger partial charge is 0.268 e. The third-order valence-corrected chi connectivity index (χ3v) is 19.4. The summed E-state index contributed by atoms with van der Waals surface area (Å²) in [5.41, 5.74) is 0. The number of likely N-dealkylation sites (N-methyl/N-ethyl adjacent to an activating group) is 1. The Morgan fingerprint density at radius 1 is 0.402 bits per heavy atom. The second-order valence-corrected chi connectivity index (χ2v) is 29.8. The van der Waals surface area contributed by atoms with E-state index in [0.29, 0.717) is 23.9 Å². The number of aliphatic hydroxyl groups excluding tert-OH is 1. The molecule has 0 rings (SSSR count). The van der Waals surface area contributed by atoms with Gasteiger partial charge in [0.25, 0.3) is 7.82 Å². The van der Waals surface area contributed by atoms with Crippen molar-refractivity contribution >= 4 is 13.7 Å². The average Bonchev–Trinajstić information content (AvgIpc) is 3.71. The molecule has 0 spiro atoms. The van der Waals surface area contributed by atoms with E-state index in [0.717, 1.165) is 44.9 Å². The fourth-order valence-electron chi connectivity index (χ4n) is 12.4. The van der Waals surface area contributed by atoms with E-state index in [-0.39, 0.29) is 19.1 Å². The Hall–Kier alpha value is -1.02. The van der Waals surface area contributed by atoms with Crippen LogP contribution in [0, 0.1) is 0 Å². The number of nitrogens with zero attached hydrogens (tertiary/aromatic N) is 1. The van der Waals surface area contributed by atoms with Crippen LogP contribution in [0.4, 0.5) is 0 Å². The fraction of sp³-hybridized carbons (Fsp3) is 0.936. The van der Waals surface area contributed by atoms with Crippen molar-refractivity contribution in [2.75, 3.05) is 40.9 Å². The van der Waals surface area contributed by atoms with Crippen molar-refractivity contribution < 1.29 is 32.9 Å². The van der Waals surface area contributed by atoms with Crippen LogP contribution in [0.1, 0.15) is 418 Å². The number of phosphoric acid groups is 1. The molecular weight excluding hydrogens is 1090 g/mol. The number of hydrogen-bond donors (Lipinski definition) is 2. The summed E-state index contributed by atoms with van der Waals surface area (Å²) in [5.74, 6) is -0.154. The number of unbranched alkanes of at least 4 members (excludes halogenated alkanes) is 57. The van der Waals surface area contributed by atoms with Crippen molar-refractivity contribution in [3.05, 3.63) is 24.3 Å². The first-order valence-corrected chi connectivity index (χ1v) is 40.6. The maximum atomic E-state index is 13.1. The molecule has 0 aliphatic carbocycles. The summed E-state index contributed by atoms with van der Waals surface area (Å²) in [7, 11) is 1.33. The Balaban J connectivity index is 3.86. The molecule has 0 aromatic carbocycles. The van der Waals surface area contributed by atoms with Crippen LogP contribution in [0.25, 0.3) is 0 Å². The number of hydrogen-bond acceptors (Lipinski definition) is 6. The Morgan fingerprint density at radius 2 is 0.667 bits per heavy atom. The largest absolute Gasteiger partial charge is 0.756 e. The van der Waals surface area contributed by atoms with Crippen LogP contribution in [0.3, 0.4) is 0 Å². The van der Waals surface area contributed by atoms with Crippen LogP contribution in [0.15, 0.2) is 24.3 Å². The molecule has 0 saturated carbocycles. The number of carbonyl (C=O) groups is 1. The first kappa shape index (κ1) is 86.0. The number of nitrogens with one attached hydrogen (secondary N) is 1. The van der Waals surface area contributed by atoms with E-state index >= 15 is 0 Å². The third kappa shape index (κ3) is 72.3. The lowest BCUT2D eigenvalue weighted by Crippen LogP contribution is -2.46. The second kappa shape index (κ2) is 69.3. The quantitative estimate of drug-likeness (QED) is 0.0272. The van der Waals surface area contributed by atoms with Gasteiger partial charge in [-0.3, -0.25) is 9.36 Å². The maximum absolute atomic E-state index is 13.1. The molecule has 0 heterocycles. The molecule has 0 aliphatic heterocycles. The van der Waals surface area contributed by atoms with Crippen molar-refractivity contribution in [1.29, 1.82) is 0 Å². The van der Waals surface area contributed by atoms with Crippen molar-refractivity contribution in [2.24, 2.45) is 0 Å². The van der Waals surface area contributed by atoms with Gasteiger partial charge in [0.05, 0.1) is 39.9 Å². The minimum atomic E-state index is -4.58. The van der Waals surface area contributed by atoms with Crippen LogP contribution in [-0.4, -0.2) is 68.5 Å². The summed E-state index contributed by atoms with van der Waals surface area (Å²) >= 11 is 0. The van der Waals surface area contributed by atoms with Crippen molar-refractivity contribution in [3.63, 3.8) is 0 Å². The molecular formula is C78H155N2O6P. The van der Waals surface area contributed by atoms with Gasteiger partial charge in [0.1, 0.15) is 13.2 Å². The number of aliphatic hydroxyl groups is 1. The fourth-order valence-corrected chi connectivity index (χ4v) is 13.1. The van der Waals surface area contributed by atoms with Gasteiger partial charge in [0, 0.05) is 6.42 Å². The molecule has 87 heavy (non-hydrogen) atoms. The number of carbonyl (C=O) groups excluding carboxylic acids is 1. The number of allylic oxidation sites excluding steroid dienone is 4. The molecule has 3 unspecified atom stereocenters. The number of phosphoric ester groups is 1. The summed E-state index contributed by atoms with van der Waals surface area (Å²) in [4.78, 5) is 25.7. The molecule has 1 amide bonds. The average molecular weight is 1250 g/mol. The SMILES string of the molecule is CCCCCCC/C=C\C/C=C\CCCCCCCCCCCCCCCCCCCCCCCCCCCCCCCC(=O)NC(COP(=O)([O-])OCC[N+](C)(C)C)C(O)CCCCCCCCCCCCCCCCCCCCCCCCCC. The van der Waals surface area contributed by atoms with Crippen LogP contribution >= 0.6 is 7.82 Å². The lowest BCUT2D eigenvalue weighted by molar-refractivity contribution is -0.870. The van der Waals surface area contributed by atoms with E-state index < -0.39 is 20.0 Å². The van der Waals surface area contributed by atoms with Crippen molar-refractivity contribution in [2.45, 2.75) is 431 Å².